The van der Waals surface area contributed by atoms with E-state index >= 15 is 0 Å². The maximum Gasteiger partial charge on any atom is 0.195 e. The van der Waals surface area contributed by atoms with Gasteiger partial charge < -0.3 is 9.88 Å². The Bertz CT molecular complexity index is 1380. The molecule has 0 bridgehead atoms. The van der Waals surface area contributed by atoms with Gasteiger partial charge in [-0.25, -0.2) is 0 Å². The molecule has 172 valence electrons. The monoisotopic (exact) mass is 450 g/mol. The highest BCUT2D eigenvalue weighted by Gasteiger charge is 2.40. The van der Waals surface area contributed by atoms with Gasteiger partial charge in [0.1, 0.15) is 0 Å². The van der Waals surface area contributed by atoms with Crippen LogP contribution in [0.1, 0.15) is 71.4 Å². The second kappa shape index (κ2) is 7.58. The van der Waals surface area contributed by atoms with E-state index in [0.29, 0.717) is 5.56 Å². The number of hydrogen-bond acceptors (Lipinski definition) is 4. The molecule has 0 radical (unpaired) electrons. The molecule has 0 spiro atoms. The van der Waals surface area contributed by atoms with Gasteiger partial charge in [-0.05, 0) is 48.2 Å². The number of carbonyl (C=O) groups excluding carboxylic acids is 1. The van der Waals surface area contributed by atoms with Gasteiger partial charge in [-0.15, -0.1) is 0 Å². The van der Waals surface area contributed by atoms with Gasteiger partial charge in [0.2, 0.25) is 0 Å². The molecule has 3 aromatic rings. The van der Waals surface area contributed by atoms with Crippen LogP contribution in [0.3, 0.4) is 0 Å². The molecule has 0 amide bonds. The zero-order chi connectivity index (χ0) is 23.6. The maximum atomic E-state index is 13.8. The number of piperazine rings is 1. The van der Waals surface area contributed by atoms with Gasteiger partial charge in [-0.3, -0.25) is 9.69 Å². The Morgan fingerprint density at radius 1 is 1.15 bits per heavy atom. The van der Waals surface area contributed by atoms with E-state index in [1.807, 2.05) is 24.3 Å². The van der Waals surface area contributed by atoms with Crippen molar-refractivity contribution in [1.29, 1.82) is 5.26 Å². The zero-order valence-corrected chi connectivity index (χ0v) is 19.9. The van der Waals surface area contributed by atoms with Crippen LogP contribution in [-0.4, -0.2) is 47.9 Å². The third kappa shape index (κ3) is 2.98. The summed E-state index contributed by atoms with van der Waals surface area (Å²) in [6.45, 7) is 12.6. The van der Waals surface area contributed by atoms with E-state index in [-0.39, 0.29) is 11.2 Å². The number of aromatic amines is 1. The van der Waals surface area contributed by atoms with Crippen LogP contribution in [-0.2, 0) is 5.41 Å². The van der Waals surface area contributed by atoms with Crippen molar-refractivity contribution in [3.63, 3.8) is 0 Å². The van der Waals surface area contributed by atoms with E-state index in [2.05, 4.69) is 47.3 Å². The topological polar surface area (TPSA) is 63.1 Å². The Morgan fingerprint density at radius 2 is 1.91 bits per heavy atom. The summed E-state index contributed by atoms with van der Waals surface area (Å²) in [5, 5.41) is 10.2. The van der Waals surface area contributed by atoms with Gasteiger partial charge in [0, 0.05) is 65.5 Å². The molecule has 1 saturated carbocycles. The number of ketones is 1. The Labute approximate surface area is 200 Å². The van der Waals surface area contributed by atoms with Crippen molar-refractivity contribution in [2.45, 2.75) is 44.6 Å². The smallest absolute Gasteiger partial charge is 0.195 e. The van der Waals surface area contributed by atoms with Crippen LogP contribution in [0.4, 0.5) is 5.69 Å². The molecule has 34 heavy (non-hydrogen) atoms. The Kier molecular flexibility index (Phi) is 4.72. The van der Waals surface area contributed by atoms with Crippen LogP contribution in [0, 0.1) is 11.3 Å². The van der Waals surface area contributed by atoms with Crippen LogP contribution in [0.5, 0.6) is 0 Å². The Hall–Kier alpha value is -3.36. The van der Waals surface area contributed by atoms with Gasteiger partial charge in [0.15, 0.2) is 5.78 Å². The minimum atomic E-state index is -0.368. The molecule has 1 saturated heterocycles. The van der Waals surface area contributed by atoms with Gasteiger partial charge in [0.05, 0.1) is 17.2 Å². The van der Waals surface area contributed by atoms with E-state index in [1.54, 1.807) is 6.07 Å². The molecule has 5 nitrogen and oxygen atoms in total. The molecule has 2 fully saturated rings. The van der Waals surface area contributed by atoms with Gasteiger partial charge in [-0.2, -0.15) is 5.26 Å². The lowest BCUT2D eigenvalue weighted by molar-refractivity contribution is 0.103. The fourth-order valence-corrected chi connectivity index (χ4v) is 6.07. The summed E-state index contributed by atoms with van der Waals surface area (Å²) in [5.74, 6) is 0.0461. The van der Waals surface area contributed by atoms with E-state index in [4.69, 9.17) is 0 Å². The zero-order valence-electron chi connectivity index (χ0n) is 19.9. The lowest BCUT2D eigenvalue weighted by atomic mass is 9.70. The fraction of sp³-hybridized carbons (Fsp3) is 0.379. The number of nitrogens with zero attached hydrogens (tertiary/aromatic N) is 3. The number of H-pyrrole nitrogens is 1. The highest BCUT2D eigenvalue weighted by Crippen LogP contribution is 2.46. The van der Waals surface area contributed by atoms with Gasteiger partial charge >= 0.3 is 0 Å². The van der Waals surface area contributed by atoms with Crippen LogP contribution in [0.2, 0.25) is 0 Å². The maximum absolute atomic E-state index is 13.8. The Morgan fingerprint density at radius 3 is 2.56 bits per heavy atom. The molecular weight excluding hydrogens is 420 g/mol. The van der Waals surface area contributed by atoms with Crippen molar-refractivity contribution in [1.82, 2.24) is 9.88 Å². The van der Waals surface area contributed by atoms with Crippen molar-refractivity contribution in [2.75, 3.05) is 31.1 Å². The minimum absolute atomic E-state index is 0.0461. The van der Waals surface area contributed by atoms with Crippen LogP contribution in [0.25, 0.3) is 17.0 Å². The van der Waals surface area contributed by atoms with Crippen molar-refractivity contribution in [3.05, 3.63) is 70.4 Å². The predicted molar refractivity (Wildman–Crippen MR) is 137 cm³/mol. The molecule has 1 aromatic heterocycles. The summed E-state index contributed by atoms with van der Waals surface area (Å²) in [4.78, 5) is 22.4. The van der Waals surface area contributed by atoms with E-state index in [9.17, 15) is 10.1 Å². The summed E-state index contributed by atoms with van der Waals surface area (Å²) in [5.41, 5.74) is 6.74. The first kappa shape index (κ1) is 21.2. The van der Waals surface area contributed by atoms with E-state index in [1.165, 1.54) is 24.9 Å². The van der Waals surface area contributed by atoms with E-state index < -0.39 is 0 Å². The number of hydrogen-bond donors (Lipinski definition) is 1. The second-order valence-electron chi connectivity index (χ2n) is 10.5. The van der Waals surface area contributed by atoms with Crippen molar-refractivity contribution in [2.24, 2.45) is 0 Å². The average Bonchev–Trinajstić information content (AvgIpc) is 3.21. The summed E-state index contributed by atoms with van der Waals surface area (Å²) in [6, 6.07) is 12.8. The first-order valence-corrected chi connectivity index (χ1v) is 12.3. The molecule has 2 heterocycles. The molecule has 6 rings (SSSR count). The predicted octanol–water partition coefficient (Wildman–Crippen LogP) is 5.23. The quantitative estimate of drug-likeness (QED) is 0.594. The number of aromatic nitrogens is 1. The molecular formula is C29H30N4O. The van der Waals surface area contributed by atoms with Gasteiger partial charge in [-0.1, -0.05) is 39.0 Å². The lowest BCUT2D eigenvalue weighted by Gasteiger charge is -2.44. The molecule has 3 aliphatic rings. The average molecular weight is 451 g/mol. The number of nitriles is 1. The third-order valence-corrected chi connectivity index (χ3v) is 8.33. The first-order chi connectivity index (χ1) is 16.4. The SMILES string of the molecule is C=Cc1cc2c(cc1N1CCN(C3CCC3)CC1)C(C)(C)c1[nH]c3cc(C#N)ccc3c1C2=O. The van der Waals surface area contributed by atoms with Crippen molar-refractivity contribution >= 4 is 28.4 Å². The summed E-state index contributed by atoms with van der Waals surface area (Å²) in [6.07, 6.45) is 5.94. The normalized spacial score (nSPS) is 19.9. The van der Waals surface area contributed by atoms with Crippen molar-refractivity contribution < 1.29 is 4.79 Å². The first-order valence-electron chi connectivity index (χ1n) is 12.3. The molecule has 5 heteroatoms. The fourth-order valence-electron chi connectivity index (χ4n) is 6.07. The summed E-state index contributed by atoms with van der Waals surface area (Å²) < 4.78 is 0. The molecule has 2 aromatic carbocycles. The summed E-state index contributed by atoms with van der Waals surface area (Å²) in [7, 11) is 0. The van der Waals surface area contributed by atoms with Crippen LogP contribution >= 0.6 is 0 Å². The second-order valence-corrected chi connectivity index (χ2v) is 10.5. The number of anilines is 1. The molecule has 1 aliphatic heterocycles. The number of carbonyl (C=O) groups is 1. The molecule has 0 atom stereocenters. The highest BCUT2D eigenvalue weighted by atomic mass is 16.1. The van der Waals surface area contributed by atoms with Crippen molar-refractivity contribution in [3.8, 4) is 6.07 Å². The lowest BCUT2D eigenvalue weighted by Crippen LogP contribution is -2.52. The van der Waals surface area contributed by atoms with Crippen LogP contribution < -0.4 is 4.90 Å². The number of benzene rings is 2. The number of fused-ring (bicyclic) bond motifs is 4. The third-order valence-electron chi connectivity index (χ3n) is 8.33. The van der Waals surface area contributed by atoms with Crippen LogP contribution in [0.15, 0.2) is 36.9 Å². The number of rotatable bonds is 3. The molecule has 1 N–H and O–H groups in total. The largest absolute Gasteiger partial charge is 0.368 e. The summed E-state index contributed by atoms with van der Waals surface area (Å²) >= 11 is 0. The highest BCUT2D eigenvalue weighted by molar-refractivity contribution is 6.20. The molecule has 2 aliphatic carbocycles. The van der Waals surface area contributed by atoms with Gasteiger partial charge in [0.25, 0.3) is 0 Å². The standard InChI is InChI=1S/C29H30N4O/c1-4-19-15-22-23(16-25(19)33-12-10-32(11-13-33)20-6-5-7-20)29(2,3)28-26(27(22)34)21-9-8-18(17-30)14-24(21)31-28/h4,8-9,14-16,20,31H,1,5-7,10-13H2,2-3H3. The minimum Gasteiger partial charge on any atom is -0.368 e. The van der Waals surface area contributed by atoms with E-state index in [0.717, 1.165) is 71.1 Å². The molecule has 0 unspecified atom stereocenters. The Balaban J connectivity index is 1.43. The number of nitrogens with one attached hydrogen (secondary N) is 1.